The van der Waals surface area contributed by atoms with Gasteiger partial charge in [-0.1, -0.05) is 0 Å². The van der Waals surface area contributed by atoms with Gasteiger partial charge in [-0.25, -0.2) is 14.0 Å². The molecule has 2 aromatic rings. The van der Waals surface area contributed by atoms with E-state index in [4.69, 9.17) is 19.3 Å². The molecule has 0 bridgehead atoms. The van der Waals surface area contributed by atoms with E-state index in [-0.39, 0.29) is 18.9 Å². The van der Waals surface area contributed by atoms with Gasteiger partial charge in [-0.05, 0) is 57.9 Å². The minimum atomic E-state index is -0.636. The van der Waals surface area contributed by atoms with Crippen LogP contribution in [0.4, 0.5) is 19.7 Å². The number of carbonyl (C=O) groups is 2. The second-order valence-electron chi connectivity index (χ2n) is 9.46. The fourth-order valence-electron chi connectivity index (χ4n) is 3.81. The summed E-state index contributed by atoms with van der Waals surface area (Å²) < 4.78 is 31.8. The van der Waals surface area contributed by atoms with Crippen LogP contribution in [0.5, 0.6) is 0 Å². The molecule has 0 aliphatic carbocycles. The Bertz CT molecular complexity index is 1070. The van der Waals surface area contributed by atoms with Crippen molar-refractivity contribution in [3.8, 4) is 11.3 Å². The second kappa shape index (κ2) is 10.6. The topological polar surface area (TPSA) is 107 Å². The maximum Gasteiger partial charge on any atom is 0.410 e. The summed E-state index contributed by atoms with van der Waals surface area (Å²) in [6.45, 7) is 9.91. The smallest absolute Gasteiger partial charge is 0.410 e. The number of halogens is 1. The lowest BCUT2D eigenvalue weighted by molar-refractivity contribution is -0.0970. The van der Waals surface area contributed by atoms with Crippen LogP contribution in [-0.2, 0) is 27.3 Å². The van der Waals surface area contributed by atoms with Gasteiger partial charge < -0.3 is 29.7 Å². The number of anilines is 1. The zero-order valence-electron chi connectivity index (χ0n) is 21.3. The minimum absolute atomic E-state index is 0.121. The normalized spacial score (nSPS) is 13.6. The first-order chi connectivity index (χ1) is 16.4. The van der Waals surface area contributed by atoms with Crippen molar-refractivity contribution in [3.05, 3.63) is 34.8 Å². The summed E-state index contributed by atoms with van der Waals surface area (Å²) in [6, 6.07) is 2.89. The number of hydrogen-bond donors (Lipinski definition) is 2. The largest absolute Gasteiger partial charge is 0.444 e. The van der Waals surface area contributed by atoms with Gasteiger partial charge in [-0.2, -0.15) is 5.10 Å². The van der Waals surface area contributed by atoms with E-state index in [1.54, 1.807) is 56.3 Å². The standard InChI is InChI=1S/C24H34FN5O5/c1-14-10-16(11-15(2)19(14)25)20-21(27-22(31)26-12-18(33-6)34-7)17-13-29(8-9-30(17)28-20)23(32)35-24(3,4)5/h10-11,18H,8-9,12-13H2,1-7H3,(H2,26,27,31). The Morgan fingerprint density at radius 1 is 1.14 bits per heavy atom. The van der Waals surface area contributed by atoms with Crippen LogP contribution >= 0.6 is 0 Å². The number of aromatic nitrogens is 2. The van der Waals surface area contributed by atoms with Gasteiger partial charge in [0.2, 0.25) is 0 Å². The van der Waals surface area contributed by atoms with E-state index in [2.05, 4.69) is 10.6 Å². The predicted molar refractivity (Wildman–Crippen MR) is 129 cm³/mol. The lowest BCUT2D eigenvalue weighted by atomic mass is 10.0. The molecule has 0 saturated heterocycles. The van der Waals surface area contributed by atoms with Crippen LogP contribution in [0.1, 0.15) is 37.6 Å². The maximum absolute atomic E-state index is 14.3. The molecule has 11 heteroatoms. The lowest BCUT2D eigenvalue weighted by Gasteiger charge is -2.30. The van der Waals surface area contributed by atoms with Crippen LogP contribution in [0, 0.1) is 19.7 Å². The molecule has 1 aliphatic heterocycles. The Morgan fingerprint density at radius 2 is 1.77 bits per heavy atom. The third-order valence-electron chi connectivity index (χ3n) is 5.54. The highest BCUT2D eigenvalue weighted by molar-refractivity contribution is 5.94. The average molecular weight is 492 g/mol. The first-order valence-corrected chi connectivity index (χ1v) is 11.4. The van der Waals surface area contributed by atoms with Crippen LogP contribution in [0.2, 0.25) is 0 Å². The molecule has 0 unspecified atom stereocenters. The SMILES string of the molecule is COC(CNC(=O)Nc1c(-c2cc(C)c(F)c(C)c2)nn2c1CN(C(=O)OC(C)(C)C)CC2)OC. The lowest BCUT2D eigenvalue weighted by Crippen LogP contribution is -2.42. The monoisotopic (exact) mass is 491 g/mol. The van der Waals surface area contributed by atoms with Crippen molar-refractivity contribution in [1.29, 1.82) is 0 Å². The third kappa shape index (κ3) is 6.29. The number of ether oxygens (including phenoxy) is 3. The summed E-state index contributed by atoms with van der Waals surface area (Å²) in [7, 11) is 2.95. The highest BCUT2D eigenvalue weighted by atomic mass is 19.1. The number of hydrogen-bond acceptors (Lipinski definition) is 6. The minimum Gasteiger partial charge on any atom is -0.444 e. The van der Waals surface area contributed by atoms with E-state index in [1.165, 1.54) is 14.2 Å². The van der Waals surface area contributed by atoms with Crippen molar-refractivity contribution in [2.24, 2.45) is 0 Å². The Kier molecular flexibility index (Phi) is 8.01. The molecule has 0 fully saturated rings. The molecule has 0 saturated carbocycles. The molecule has 0 spiro atoms. The molecule has 35 heavy (non-hydrogen) atoms. The van der Waals surface area contributed by atoms with Crippen molar-refractivity contribution in [1.82, 2.24) is 20.0 Å². The van der Waals surface area contributed by atoms with Crippen LogP contribution in [0.15, 0.2) is 12.1 Å². The van der Waals surface area contributed by atoms with Gasteiger partial charge in [0.25, 0.3) is 0 Å². The molecular weight excluding hydrogens is 457 g/mol. The maximum atomic E-state index is 14.3. The van der Waals surface area contributed by atoms with E-state index >= 15 is 0 Å². The van der Waals surface area contributed by atoms with E-state index in [0.29, 0.717) is 46.9 Å². The number of nitrogens with zero attached hydrogens (tertiary/aromatic N) is 3. The molecular formula is C24H34FN5O5. The highest BCUT2D eigenvalue weighted by Gasteiger charge is 2.31. The molecule has 10 nitrogen and oxygen atoms in total. The zero-order chi connectivity index (χ0) is 25.9. The predicted octanol–water partition coefficient (Wildman–Crippen LogP) is 3.80. The fraction of sp³-hybridized carbons (Fsp3) is 0.542. The number of urea groups is 1. The third-order valence-corrected chi connectivity index (χ3v) is 5.54. The molecule has 3 amide bonds. The van der Waals surface area contributed by atoms with Crippen LogP contribution < -0.4 is 10.6 Å². The van der Waals surface area contributed by atoms with Gasteiger partial charge in [0.15, 0.2) is 6.29 Å². The highest BCUT2D eigenvalue weighted by Crippen LogP contribution is 2.35. The molecule has 3 rings (SSSR count). The van der Waals surface area contributed by atoms with Crippen molar-refractivity contribution < 1.29 is 28.2 Å². The number of carbonyl (C=O) groups excluding carboxylic acids is 2. The molecule has 1 aromatic carbocycles. The Hall–Kier alpha value is -3.18. The number of nitrogens with one attached hydrogen (secondary N) is 2. The molecule has 192 valence electrons. The van der Waals surface area contributed by atoms with Crippen molar-refractivity contribution >= 4 is 17.8 Å². The van der Waals surface area contributed by atoms with Gasteiger partial charge >= 0.3 is 12.1 Å². The Morgan fingerprint density at radius 3 is 2.34 bits per heavy atom. The molecule has 1 aliphatic rings. The summed E-state index contributed by atoms with van der Waals surface area (Å²) in [5.41, 5.74) is 2.54. The summed E-state index contributed by atoms with van der Waals surface area (Å²) in [5.74, 6) is -0.286. The molecule has 0 atom stereocenters. The Balaban J connectivity index is 1.96. The number of aryl methyl sites for hydroxylation is 2. The van der Waals surface area contributed by atoms with Gasteiger partial charge in [-0.15, -0.1) is 0 Å². The zero-order valence-corrected chi connectivity index (χ0v) is 21.3. The fourth-order valence-corrected chi connectivity index (χ4v) is 3.81. The molecule has 1 aromatic heterocycles. The van der Waals surface area contributed by atoms with E-state index in [9.17, 15) is 14.0 Å². The van der Waals surface area contributed by atoms with E-state index < -0.39 is 24.0 Å². The van der Waals surface area contributed by atoms with Crippen LogP contribution in [0.3, 0.4) is 0 Å². The number of amides is 3. The summed E-state index contributed by atoms with van der Waals surface area (Å²) >= 11 is 0. The summed E-state index contributed by atoms with van der Waals surface area (Å²) in [5, 5.41) is 10.3. The van der Waals surface area contributed by atoms with E-state index in [0.717, 1.165) is 0 Å². The number of benzene rings is 1. The first kappa shape index (κ1) is 26.4. The first-order valence-electron chi connectivity index (χ1n) is 11.4. The summed E-state index contributed by atoms with van der Waals surface area (Å²) in [6.07, 6.45) is -1.05. The van der Waals surface area contributed by atoms with Crippen molar-refractivity contribution in [2.75, 3.05) is 32.6 Å². The van der Waals surface area contributed by atoms with E-state index in [1.807, 2.05) is 0 Å². The van der Waals surface area contributed by atoms with Gasteiger partial charge in [0.05, 0.1) is 31.0 Å². The van der Waals surface area contributed by atoms with Crippen LogP contribution in [0.25, 0.3) is 11.3 Å². The number of rotatable bonds is 6. The van der Waals surface area contributed by atoms with Gasteiger partial charge in [0.1, 0.15) is 17.1 Å². The second-order valence-corrected chi connectivity index (χ2v) is 9.46. The average Bonchev–Trinajstić information content (AvgIpc) is 3.14. The number of fused-ring (bicyclic) bond motifs is 1. The number of methoxy groups -OCH3 is 2. The molecule has 2 heterocycles. The quantitative estimate of drug-likeness (QED) is 0.596. The van der Waals surface area contributed by atoms with Crippen molar-refractivity contribution in [3.63, 3.8) is 0 Å². The molecule has 0 radical (unpaired) electrons. The van der Waals surface area contributed by atoms with Crippen molar-refractivity contribution in [2.45, 2.75) is 59.6 Å². The van der Waals surface area contributed by atoms with Gasteiger partial charge in [-0.3, -0.25) is 4.68 Å². The summed E-state index contributed by atoms with van der Waals surface area (Å²) in [4.78, 5) is 27.1. The van der Waals surface area contributed by atoms with Crippen LogP contribution in [-0.4, -0.2) is 66.0 Å². The molecule has 2 N–H and O–H groups in total. The Labute approximate surface area is 204 Å². The van der Waals surface area contributed by atoms with Gasteiger partial charge in [0, 0.05) is 26.3 Å².